The molecule has 0 atom stereocenters. The lowest BCUT2D eigenvalue weighted by Gasteiger charge is -2.11. The summed E-state index contributed by atoms with van der Waals surface area (Å²) in [5.41, 5.74) is 11.6. The Bertz CT molecular complexity index is 2390. The van der Waals surface area contributed by atoms with Crippen LogP contribution in [0.3, 0.4) is 0 Å². The topological polar surface area (TPSA) is 0 Å². The molecule has 7 aromatic carbocycles. The number of hydrogen-bond donors (Lipinski definition) is 0. The summed E-state index contributed by atoms with van der Waals surface area (Å²) in [4.78, 5) is 0. The standard InChI is InChI=1S/C47H36/c1-5-32-16-21-39(27-33(32)6-2)34(7-3)26-35(8-4)40-22-24-42-31-45-29-41(23-25-43(45)30-44(42)28-40)36-17-19-38(20-18-36)47-15-11-13-37-12-9-10-14-46(37)47/h5-31H,1-2,4H2,3H3/b34-7+,35-26+. The molecular weight excluding hydrogens is 565 g/mol. The Labute approximate surface area is 277 Å². The van der Waals surface area contributed by atoms with Crippen LogP contribution < -0.4 is 0 Å². The minimum absolute atomic E-state index is 1.07. The van der Waals surface area contributed by atoms with Gasteiger partial charge in [0, 0.05) is 0 Å². The predicted octanol–water partition coefficient (Wildman–Crippen LogP) is 13.4. The molecule has 47 heavy (non-hydrogen) atoms. The minimum atomic E-state index is 1.07. The fourth-order valence-electron chi connectivity index (χ4n) is 6.55. The molecule has 7 aromatic rings. The van der Waals surface area contributed by atoms with E-state index in [0.29, 0.717) is 0 Å². The highest BCUT2D eigenvalue weighted by Crippen LogP contribution is 2.34. The first-order valence-electron chi connectivity index (χ1n) is 16.0. The average molecular weight is 601 g/mol. The van der Waals surface area contributed by atoms with Gasteiger partial charge in [-0.1, -0.05) is 147 Å². The molecule has 0 heteroatoms. The van der Waals surface area contributed by atoms with Gasteiger partial charge >= 0.3 is 0 Å². The third-order valence-electron chi connectivity index (χ3n) is 9.15. The zero-order chi connectivity index (χ0) is 32.3. The van der Waals surface area contributed by atoms with Gasteiger partial charge in [0.2, 0.25) is 0 Å². The summed E-state index contributed by atoms with van der Waals surface area (Å²) in [6, 6.07) is 48.5. The molecule has 0 bridgehead atoms. The summed E-state index contributed by atoms with van der Waals surface area (Å²) in [7, 11) is 0. The van der Waals surface area contributed by atoms with E-state index in [-0.39, 0.29) is 0 Å². The third kappa shape index (κ3) is 5.78. The Morgan fingerprint density at radius 2 is 1.11 bits per heavy atom. The quantitative estimate of drug-likeness (QED) is 0.120. The molecule has 0 N–H and O–H groups in total. The van der Waals surface area contributed by atoms with Crippen molar-refractivity contribution in [3.8, 4) is 22.3 Å². The summed E-state index contributed by atoms with van der Waals surface area (Å²) in [6.07, 6.45) is 10.0. The van der Waals surface area contributed by atoms with Crippen molar-refractivity contribution in [2.24, 2.45) is 0 Å². The lowest BCUT2D eigenvalue weighted by Crippen LogP contribution is -1.89. The smallest absolute Gasteiger partial charge is 0.0105 e. The Morgan fingerprint density at radius 3 is 1.85 bits per heavy atom. The SMILES string of the molecule is C=C/C(=C\C(=C/C)c1ccc(C=C)c(C=C)c1)c1ccc2cc3cc(-c4ccc(-c5cccc6ccccc56)cc4)ccc3cc2c1. The van der Waals surface area contributed by atoms with Gasteiger partial charge in [-0.3, -0.25) is 0 Å². The third-order valence-corrected chi connectivity index (χ3v) is 9.15. The fourth-order valence-corrected chi connectivity index (χ4v) is 6.55. The Hall–Kier alpha value is -5.98. The first kappa shape index (κ1) is 29.7. The zero-order valence-corrected chi connectivity index (χ0v) is 26.7. The summed E-state index contributed by atoms with van der Waals surface area (Å²) in [5, 5.41) is 7.43. The van der Waals surface area contributed by atoms with E-state index in [0.717, 1.165) is 33.4 Å². The number of rotatable bonds is 8. The molecule has 0 nitrogen and oxygen atoms in total. The van der Waals surface area contributed by atoms with E-state index >= 15 is 0 Å². The van der Waals surface area contributed by atoms with Gasteiger partial charge in [0.05, 0.1) is 0 Å². The average Bonchev–Trinajstić information content (AvgIpc) is 3.13. The van der Waals surface area contributed by atoms with Gasteiger partial charge in [0.15, 0.2) is 0 Å². The van der Waals surface area contributed by atoms with Crippen LogP contribution in [0.1, 0.15) is 29.2 Å². The summed E-state index contributed by atoms with van der Waals surface area (Å²) < 4.78 is 0. The molecule has 0 radical (unpaired) electrons. The van der Waals surface area contributed by atoms with Gasteiger partial charge in [0.25, 0.3) is 0 Å². The van der Waals surface area contributed by atoms with Gasteiger partial charge in [-0.05, 0) is 131 Å². The van der Waals surface area contributed by atoms with E-state index in [9.17, 15) is 0 Å². The molecule has 0 aliphatic heterocycles. The predicted molar refractivity (Wildman–Crippen MR) is 208 cm³/mol. The van der Waals surface area contributed by atoms with Crippen LogP contribution in [0.5, 0.6) is 0 Å². The van der Waals surface area contributed by atoms with Crippen molar-refractivity contribution in [3.63, 3.8) is 0 Å². The highest BCUT2D eigenvalue weighted by atomic mass is 14.1. The van der Waals surface area contributed by atoms with E-state index in [2.05, 4.69) is 172 Å². The molecule has 7 rings (SSSR count). The van der Waals surface area contributed by atoms with Gasteiger partial charge in [-0.2, -0.15) is 0 Å². The number of benzene rings is 7. The van der Waals surface area contributed by atoms with Crippen molar-refractivity contribution in [1.82, 2.24) is 0 Å². The molecular formula is C47H36. The van der Waals surface area contributed by atoms with E-state index in [1.165, 1.54) is 54.6 Å². The molecule has 0 saturated carbocycles. The summed E-state index contributed by atoms with van der Waals surface area (Å²) >= 11 is 0. The first-order valence-corrected chi connectivity index (χ1v) is 16.0. The number of hydrogen-bond acceptors (Lipinski definition) is 0. The molecule has 224 valence electrons. The molecule has 0 aliphatic carbocycles. The molecule has 0 unspecified atom stereocenters. The highest BCUT2D eigenvalue weighted by Gasteiger charge is 2.09. The molecule has 0 amide bonds. The number of allylic oxidation sites excluding steroid dienone is 5. The van der Waals surface area contributed by atoms with Crippen molar-refractivity contribution in [2.45, 2.75) is 6.92 Å². The Kier molecular flexibility index (Phi) is 8.09. The molecule has 0 spiro atoms. The van der Waals surface area contributed by atoms with Crippen LogP contribution >= 0.6 is 0 Å². The maximum atomic E-state index is 4.16. The maximum Gasteiger partial charge on any atom is -0.0105 e. The van der Waals surface area contributed by atoms with Crippen molar-refractivity contribution < 1.29 is 0 Å². The van der Waals surface area contributed by atoms with Crippen molar-refractivity contribution in [1.29, 1.82) is 0 Å². The Morgan fingerprint density at radius 1 is 0.468 bits per heavy atom. The van der Waals surface area contributed by atoms with Crippen LogP contribution in [0, 0.1) is 0 Å². The lowest BCUT2D eigenvalue weighted by atomic mass is 9.93. The molecule has 0 saturated heterocycles. The normalized spacial score (nSPS) is 12.0. The summed E-state index contributed by atoms with van der Waals surface area (Å²) in [6.45, 7) is 14.1. The van der Waals surface area contributed by atoms with E-state index < -0.39 is 0 Å². The van der Waals surface area contributed by atoms with Crippen LogP contribution in [0.4, 0.5) is 0 Å². The lowest BCUT2D eigenvalue weighted by molar-refractivity contribution is 1.54. The van der Waals surface area contributed by atoms with Gasteiger partial charge in [-0.25, -0.2) is 0 Å². The van der Waals surface area contributed by atoms with Gasteiger partial charge in [0.1, 0.15) is 0 Å². The van der Waals surface area contributed by atoms with E-state index in [1.54, 1.807) is 0 Å². The van der Waals surface area contributed by atoms with Crippen molar-refractivity contribution >= 4 is 55.6 Å². The summed E-state index contributed by atoms with van der Waals surface area (Å²) in [5.74, 6) is 0. The second-order valence-corrected chi connectivity index (χ2v) is 11.9. The van der Waals surface area contributed by atoms with Crippen molar-refractivity contribution in [3.05, 3.63) is 194 Å². The van der Waals surface area contributed by atoms with Gasteiger partial charge < -0.3 is 0 Å². The first-order chi connectivity index (χ1) is 23.1. The van der Waals surface area contributed by atoms with Crippen LogP contribution in [0.2, 0.25) is 0 Å². The van der Waals surface area contributed by atoms with E-state index in [1.807, 2.05) is 18.2 Å². The number of fused-ring (bicyclic) bond motifs is 3. The van der Waals surface area contributed by atoms with Crippen LogP contribution in [-0.2, 0) is 0 Å². The van der Waals surface area contributed by atoms with Crippen molar-refractivity contribution in [2.75, 3.05) is 0 Å². The van der Waals surface area contributed by atoms with Gasteiger partial charge in [-0.15, -0.1) is 0 Å². The van der Waals surface area contributed by atoms with E-state index in [4.69, 9.17) is 0 Å². The molecule has 0 fully saturated rings. The molecule has 0 heterocycles. The molecule has 0 aliphatic rings. The second kappa shape index (κ2) is 12.8. The zero-order valence-electron chi connectivity index (χ0n) is 26.7. The maximum absolute atomic E-state index is 4.16. The second-order valence-electron chi connectivity index (χ2n) is 11.9. The Balaban J connectivity index is 1.19. The largest absolute Gasteiger partial charge is 0.0984 e. The van der Waals surface area contributed by atoms with Crippen LogP contribution in [-0.4, -0.2) is 0 Å². The monoisotopic (exact) mass is 600 g/mol. The van der Waals surface area contributed by atoms with Crippen LogP contribution in [0.25, 0.3) is 77.9 Å². The minimum Gasteiger partial charge on any atom is -0.0984 e. The fraction of sp³-hybridized carbons (Fsp3) is 0.0213. The highest BCUT2D eigenvalue weighted by molar-refractivity contribution is 6.02. The molecule has 0 aromatic heterocycles. The van der Waals surface area contributed by atoms with Crippen LogP contribution in [0.15, 0.2) is 171 Å².